The van der Waals surface area contributed by atoms with Crippen molar-refractivity contribution < 1.29 is 17.7 Å². The summed E-state index contributed by atoms with van der Waals surface area (Å²) in [6.07, 6.45) is -3.05. The molecule has 0 atom stereocenters. The minimum absolute atomic E-state index is 0.384. The van der Waals surface area contributed by atoms with Gasteiger partial charge in [0, 0.05) is 5.57 Å². The molecular formula is C7H9F3N+. The Morgan fingerprint density at radius 2 is 2.00 bits per heavy atom. The lowest BCUT2D eigenvalue weighted by Gasteiger charge is -2.02. The highest BCUT2D eigenvalue weighted by Gasteiger charge is 2.39. The van der Waals surface area contributed by atoms with Gasteiger partial charge >= 0.3 is 6.18 Å². The van der Waals surface area contributed by atoms with Gasteiger partial charge in [-0.05, 0) is 6.92 Å². The Balaban J connectivity index is 2.95. The number of nitrogens with zero attached hydrogens (tertiary/aromatic N) is 1. The minimum atomic E-state index is -4.19. The van der Waals surface area contributed by atoms with Gasteiger partial charge in [0.1, 0.15) is 12.6 Å². The van der Waals surface area contributed by atoms with Gasteiger partial charge < -0.3 is 0 Å². The van der Waals surface area contributed by atoms with Crippen molar-refractivity contribution in [3.63, 3.8) is 0 Å². The SMILES string of the molecule is CC1=C(C(F)(F)F)C=[N+](C)C1. The lowest BCUT2D eigenvalue weighted by Crippen LogP contribution is -2.13. The van der Waals surface area contributed by atoms with E-state index in [-0.39, 0.29) is 0 Å². The number of hydrogen-bond acceptors (Lipinski definition) is 0. The van der Waals surface area contributed by atoms with Gasteiger partial charge in [0.15, 0.2) is 12.8 Å². The molecule has 0 radical (unpaired) electrons. The Morgan fingerprint density at radius 1 is 1.45 bits per heavy atom. The van der Waals surface area contributed by atoms with Crippen LogP contribution in [0.5, 0.6) is 0 Å². The Morgan fingerprint density at radius 3 is 2.18 bits per heavy atom. The average molecular weight is 164 g/mol. The molecule has 0 aromatic rings. The molecule has 11 heavy (non-hydrogen) atoms. The molecule has 0 saturated carbocycles. The monoisotopic (exact) mass is 164 g/mol. The Kier molecular flexibility index (Phi) is 1.78. The van der Waals surface area contributed by atoms with Crippen LogP contribution in [0.2, 0.25) is 0 Å². The summed E-state index contributed by atoms with van der Waals surface area (Å²) in [4.78, 5) is 0. The fourth-order valence-electron chi connectivity index (χ4n) is 1.15. The van der Waals surface area contributed by atoms with Crippen molar-refractivity contribution >= 4 is 6.21 Å². The molecule has 0 amide bonds. The molecule has 0 bridgehead atoms. The van der Waals surface area contributed by atoms with Crippen molar-refractivity contribution in [3.05, 3.63) is 11.1 Å². The largest absolute Gasteiger partial charge is 0.422 e. The van der Waals surface area contributed by atoms with Crippen molar-refractivity contribution in [1.29, 1.82) is 0 Å². The first kappa shape index (κ1) is 8.30. The molecule has 1 aliphatic rings. The zero-order valence-electron chi connectivity index (χ0n) is 6.37. The van der Waals surface area contributed by atoms with Gasteiger partial charge in [-0.1, -0.05) is 0 Å². The van der Waals surface area contributed by atoms with E-state index in [1.54, 1.807) is 7.05 Å². The van der Waals surface area contributed by atoms with E-state index in [2.05, 4.69) is 0 Å². The van der Waals surface area contributed by atoms with Gasteiger partial charge in [-0.15, -0.1) is 0 Å². The fraction of sp³-hybridized carbons (Fsp3) is 0.571. The van der Waals surface area contributed by atoms with E-state index < -0.39 is 11.7 Å². The third kappa shape index (κ3) is 1.61. The lowest BCUT2D eigenvalue weighted by atomic mass is 10.2. The molecule has 0 spiro atoms. The van der Waals surface area contributed by atoms with Crippen LogP contribution in [0.3, 0.4) is 0 Å². The van der Waals surface area contributed by atoms with Crippen LogP contribution in [0.15, 0.2) is 11.1 Å². The predicted octanol–water partition coefficient (Wildman–Crippen LogP) is 1.59. The smallest absolute Gasteiger partial charge is 0.234 e. The third-order valence-electron chi connectivity index (χ3n) is 1.60. The van der Waals surface area contributed by atoms with Gasteiger partial charge in [-0.3, -0.25) is 0 Å². The highest BCUT2D eigenvalue weighted by Crippen LogP contribution is 2.28. The molecule has 1 nitrogen and oxygen atoms in total. The van der Waals surface area contributed by atoms with Gasteiger partial charge in [0.05, 0.1) is 0 Å². The first-order chi connectivity index (χ1) is 4.91. The molecular weight excluding hydrogens is 155 g/mol. The van der Waals surface area contributed by atoms with Crippen LogP contribution in [0.25, 0.3) is 0 Å². The van der Waals surface area contributed by atoms with Crippen molar-refractivity contribution in [3.8, 4) is 0 Å². The summed E-state index contributed by atoms with van der Waals surface area (Å²) in [6.45, 7) is 1.89. The first-order valence-electron chi connectivity index (χ1n) is 3.23. The highest BCUT2D eigenvalue weighted by atomic mass is 19.4. The number of likely N-dealkylation sites (N-methyl/N-ethyl adjacent to an activating group) is 1. The number of allylic oxidation sites excluding steroid dienone is 1. The molecule has 4 heteroatoms. The van der Waals surface area contributed by atoms with Crippen molar-refractivity contribution in [2.24, 2.45) is 0 Å². The maximum Gasteiger partial charge on any atom is 0.422 e. The maximum atomic E-state index is 12.1. The number of alkyl halides is 3. The van der Waals surface area contributed by atoms with Crippen LogP contribution in [0, 0.1) is 0 Å². The molecule has 0 N–H and O–H groups in total. The molecule has 0 saturated heterocycles. The van der Waals surface area contributed by atoms with Crippen molar-refractivity contribution in [2.75, 3.05) is 13.6 Å². The standard InChI is InChI=1S/C7H9F3N/c1-5-3-11(2)4-6(5)7(8,9)10/h4H,3H2,1-2H3/q+1. The van der Waals surface area contributed by atoms with Crippen LogP contribution in [0.1, 0.15) is 6.92 Å². The lowest BCUT2D eigenvalue weighted by molar-refractivity contribution is -0.479. The maximum absolute atomic E-state index is 12.1. The van der Waals surface area contributed by atoms with E-state index in [0.29, 0.717) is 12.1 Å². The summed E-state index contributed by atoms with van der Waals surface area (Å²) in [5.41, 5.74) is -0.111. The van der Waals surface area contributed by atoms with E-state index in [9.17, 15) is 13.2 Å². The molecule has 0 aliphatic carbocycles. The second kappa shape index (κ2) is 2.36. The van der Waals surface area contributed by atoms with E-state index in [0.717, 1.165) is 6.21 Å². The Labute approximate surface area is 62.8 Å². The molecule has 1 rings (SSSR count). The summed E-state index contributed by atoms with van der Waals surface area (Å²) in [7, 11) is 1.63. The summed E-state index contributed by atoms with van der Waals surface area (Å²) in [5, 5.41) is 0. The minimum Gasteiger partial charge on any atom is -0.234 e. The van der Waals surface area contributed by atoms with E-state index in [4.69, 9.17) is 0 Å². The molecule has 62 valence electrons. The Bertz CT molecular complexity index is 235. The molecule has 1 aliphatic heterocycles. The second-order valence-electron chi connectivity index (χ2n) is 2.74. The average Bonchev–Trinajstić information content (AvgIpc) is 2.08. The van der Waals surface area contributed by atoms with Gasteiger partial charge in [-0.2, -0.15) is 13.2 Å². The number of rotatable bonds is 0. The van der Waals surface area contributed by atoms with Crippen LogP contribution < -0.4 is 0 Å². The van der Waals surface area contributed by atoms with E-state index in [1.807, 2.05) is 0 Å². The number of halogens is 3. The van der Waals surface area contributed by atoms with Gasteiger partial charge in [0.25, 0.3) is 0 Å². The highest BCUT2D eigenvalue weighted by molar-refractivity contribution is 5.79. The molecule has 0 unspecified atom stereocenters. The molecule has 0 aromatic heterocycles. The van der Waals surface area contributed by atoms with E-state index >= 15 is 0 Å². The Hall–Kier alpha value is -0.800. The topological polar surface area (TPSA) is 3.01 Å². The summed E-state index contributed by atoms with van der Waals surface area (Å²) in [6, 6.07) is 0. The van der Waals surface area contributed by atoms with Gasteiger partial charge in [0.2, 0.25) is 0 Å². The molecule has 1 heterocycles. The second-order valence-corrected chi connectivity index (χ2v) is 2.74. The molecule has 0 aromatic carbocycles. The van der Waals surface area contributed by atoms with Crippen molar-refractivity contribution in [1.82, 2.24) is 0 Å². The van der Waals surface area contributed by atoms with E-state index in [1.165, 1.54) is 11.5 Å². The predicted molar refractivity (Wildman–Crippen MR) is 35.9 cm³/mol. The van der Waals surface area contributed by atoms with Crippen molar-refractivity contribution in [2.45, 2.75) is 13.1 Å². The van der Waals surface area contributed by atoms with Crippen LogP contribution in [-0.2, 0) is 0 Å². The quantitative estimate of drug-likeness (QED) is 0.478. The fourth-order valence-corrected chi connectivity index (χ4v) is 1.15. The zero-order chi connectivity index (χ0) is 8.65. The zero-order valence-corrected chi connectivity index (χ0v) is 6.37. The van der Waals surface area contributed by atoms with Gasteiger partial charge in [-0.25, -0.2) is 4.58 Å². The summed E-state index contributed by atoms with van der Waals surface area (Å²) in [5.74, 6) is 0. The summed E-state index contributed by atoms with van der Waals surface area (Å²) < 4.78 is 37.7. The normalized spacial score (nSPS) is 19.2. The number of hydrogen-bond donors (Lipinski definition) is 0. The first-order valence-corrected chi connectivity index (χ1v) is 3.23. The van der Waals surface area contributed by atoms with Crippen LogP contribution in [0.4, 0.5) is 13.2 Å². The molecule has 0 fully saturated rings. The van der Waals surface area contributed by atoms with Crippen LogP contribution >= 0.6 is 0 Å². The third-order valence-corrected chi connectivity index (χ3v) is 1.60. The summed E-state index contributed by atoms with van der Waals surface area (Å²) >= 11 is 0. The van der Waals surface area contributed by atoms with Crippen LogP contribution in [-0.4, -0.2) is 30.6 Å².